The molecule has 0 saturated carbocycles. The molecule has 0 aliphatic heterocycles. The summed E-state index contributed by atoms with van der Waals surface area (Å²) in [7, 11) is -3.26. The highest BCUT2D eigenvalue weighted by molar-refractivity contribution is 7.57. The summed E-state index contributed by atoms with van der Waals surface area (Å²) < 4.78 is 26.3. The Bertz CT molecular complexity index is 929. The molecule has 1 aliphatic rings. The molecule has 1 aromatic carbocycles. The molecule has 1 aliphatic carbocycles. The molecular formula is C19H25N4O4P. The van der Waals surface area contributed by atoms with Crippen LogP contribution in [0.5, 0.6) is 5.75 Å². The van der Waals surface area contributed by atoms with Crippen molar-refractivity contribution in [2.24, 2.45) is 0 Å². The third-order valence-electron chi connectivity index (χ3n) is 4.14. The Morgan fingerprint density at radius 3 is 2.71 bits per heavy atom. The number of allylic oxidation sites excluding steroid dienone is 1. The number of hydrogen-bond acceptors (Lipinski definition) is 6. The molecular weight excluding hydrogens is 379 g/mol. The van der Waals surface area contributed by atoms with E-state index in [-0.39, 0.29) is 30.4 Å². The van der Waals surface area contributed by atoms with E-state index < -0.39 is 13.2 Å². The summed E-state index contributed by atoms with van der Waals surface area (Å²) in [6.45, 7) is 3.79. The number of nitrogens with zero attached hydrogens (tertiary/aromatic N) is 2. The summed E-state index contributed by atoms with van der Waals surface area (Å²) in [4.78, 5) is 15.7. The van der Waals surface area contributed by atoms with Crippen LogP contribution in [-0.2, 0) is 9.30 Å². The molecule has 2 aromatic rings. The van der Waals surface area contributed by atoms with Crippen LogP contribution in [-0.4, -0.2) is 28.0 Å². The van der Waals surface area contributed by atoms with Crippen LogP contribution in [0.1, 0.15) is 26.3 Å². The largest absolute Gasteiger partial charge is 0.431 e. The molecule has 0 fully saturated rings. The molecule has 3 unspecified atom stereocenters. The van der Waals surface area contributed by atoms with Crippen molar-refractivity contribution in [3.05, 3.63) is 65.2 Å². The fourth-order valence-corrected chi connectivity index (χ4v) is 4.80. The Hall–Kier alpha value is -2.41. The zero-order valence-corrected chi connectivity index (χ0v) is 16.8. The van der Waals surface area contributed by atoms with Gasteiger partial charge in [0.1, 0.15) is 17.9 Å². The first kappa shape index (κ1) is 20.3. The fraction of sp³-hybridized carbons (Fsp3) is 0.368. The summed E-state index contributed by atoms with van der Waals surface area (Å²) >= 11 is 0. The number of ether oxygens (including phenoxy) is 1. The zero-order valence-electron chi connectivity index (χ0n) is 15.9. The van der Waals surface area contributed by atoms with Crippen molar-refractivity contribution in [2.75, 3.05) is 12.1 Å². The van der Waals surface area contributed by atoms with Crippen LogP contribution in [0.25, 0.3) is 0 Å². The summed E-state index contributed by atoms with van der Waals surface area (Å²) in [6.07, 6.45) is 5.52. The molecule has 28 heavy (non-hydrogen) atoms. The second-order valence-corrected chi connectivity index (χ2v) is 8.97. The lowest BCUT2D eigenvalue weighted by atomic mass is 10.2. The van der Waals surface area contributed by atoms with Crippen LogP contribution in [0.3, 0.4) is 0 Å². The summed E-state index contributed by atoms with van der Waals surface area (Å²) in [5.74, 6) is 0.705. The number of nitrogen functional groups attached to an aromatic ring is 1. The van der Waals surface area contributed by atoms with E-state index in [4.69, 9.17) is 15.0 Å². The van der Waals surface area contributed by atoms with Gasteiger partial charge in [-0.1, -0.05) is 30.4 Å². The number of para-hydroxylation sites is 1. The van der Waals surface area contributed by atoms with Gasteiger partial charge in [0.25, 0.3) is 0 Å². The van der Waals surface area contributed by atoms with E-state index in [1.54, 1.807) is 24.4 Å². The van der Waals surface area contributed by atoms with E-state index in [1.165, 1.54) is 4.57 Å². The Labute approximate surface area is 163 Å². The Morgan fingerprint density at radius 1 is 1.29 bits per heavy atom. The molecule has 3 N–H and O–H groups in total. The summed E-state index contributed by atoms with van der Waals surface area (Å²) in [6, 6.07) is 10.4. The van der Waals surface area contributed by atoms with Crippen molar-refractivity contribution in [3.8, 4) is 5.75 Å². The quantitative estimate of drug-likeness (QED) is 0.514. The second-order valence-electron chi connectivity index (χ2n) is 6.93. The van der Waals surface area contributed by atoms with Gasteiger partial charge in [0.2, 0.25) is 0 Å². The average molecular weight is 404 g/mol. The normalized spacial score (nSPS) is 21.0. The van der Waals surface area contributed by atoms with Crippen LogP contribution < -0.4 is 21.0 Å². The molecule has 150 valence electrons. The van der Waals surface area contributed by atoms with Crippen molar-refractivity contribution in [2.45, 2.75) is 38.5 Å². The Morgan fingerprint density at radius 2 is 2.04 bits per heavy atom. The topological polar surface area (TPSA) is 108 Å². The van der Waals surface area contributed by atoms with Gasteiger partial charge in [-0.25, -0.2) is 9.88 Å². The SMILES string of the molecule is CC(C)NP(=O)(COC1C=CC(n2ccc(N)nc2=O)C1)Oc1ccccc1. The van der Waals surface area contributed by atoms with E-state index in [9.17, 15) is 9.36 Å². The molecule has 3 rings (SSSR count). The van der Waals surface area contributed by atoms with Crippen molar-refractivity contribution in [3.63, 3.8) is 0 Å². The van der Waals surface area contributed by atoms with E-state index >= 15 is 0 Å². The van der Waals surface area contributed by atoms with Gasteiger partial charge < -0.3 is 15.0 Å². The molecule has 9 heteroatoms. The highest BCUT2D eigenvalue weighted by Gasteiger charge is 2.29. The van der Waals surface area contributed by atoms with Crippen LogP contribution >= 0.6 is 7.52 Å². The lowest BCUT2D eigenvalue weighted by molar-refractivity contribution is 0.109. The molecule has 0 amide bonds. The predicted molar refractivity (Wildman–Crippen MR) is 108 cm³/mol. The average Bonchev–Trinajstić information content (AvgIpc) is 3.09. The molecule has 1 aromatic heterocycles. The minimum Gasteiger partial charge on any atom is -0.431 e. The first-order valence-corrected chi connectivity index (χ1v) is 10.9. The molecule has 0 bridgehead atoms. The van der Waals surface area contributed by atoms with Gasteiger partial charge >= 0.3 is 13.2 Å². The van der Waals surface area contributed by atoms with Crippen LogP contribution in [0.4, 0.5) is 5.82 Å². The van der Waals surface area contributed by atoms with Crippen LogP contribution in [0.2, 0.25) is 0 Å². The van der Waals surface area contributed by atoms with Gasteiger partial charge in [0.15, 0.2) is 0 Å². The van der Waals surface area contributed by atoms with Gasteiger partial charge in [0, 0.05) is 18.7 Å². The van der Waals surface area contributed by atoms with Gasteiger partial charge in [-0.15, -0.1) is 0 Å². The molecule has 0 spiro atoms. The Balaban J connectivity index is 1.63. The standard InChI is InChI=1S/C19H25N4O4P/c1-14(2)22-28(25,27-16-6-4-3-5-7-16)13-26-17-9-8-15(12-17)23-11-10-18(20)21-19(23)24/h3-11,14-15,17H,12-13H2,1-2H3,(H,22,25)(H2,20,21,24). The van der Waals surface area contributed by atoms with Crippen molar-refractivity contribution in [1.82, 2.24) is 14.6 Å². The zero-order chi connectivity index (χ0) is 20.1. The molecule has 0 saturated heterocycles. The van der Waals surface area contributed by atoms with E-state index in [0.29, 0.717) is 12.2 Å². The molecule has 1 heterocycles. The molecule has 0 radical (unpaired) electrons. The highest BCUT2D eigenvalue weighted by Crippen LogP contribution is 2.44. The van der Waals surface area contributed by atoms with Gasteiger partial charge in [-0.3, -0.25) is 9.13 Å². The number of aromatic nitrogens is 2. The maximum absolute atomic E-state index is 13.2. The predicted octanol–water partition coefficient (Wildman–Crippen LogP) is 2.94. The molecule has 3 atom stereocenters. The first-order valence-electron chi connectivity index (χ1n) is 9.11. The van der Waals surface area contributed by atoms with Crippen molar-refractivity contribution >= 4 is 13.3 Å². The number of nitrogens with one attached hydrogen (secondary N) is 1. The monoisotopic (exact) mass is 404 g/mol. The maximum Gasteiger partial charge on any atom is 0.350 e. The van der Waals surface area contributed by atoms with E-state index in [0.717, 1.165) is 0 Å². The minimum atomic E-state index is -3.26. The lowest BCUT2D eigenvalue weighted by Gasteiger charge is -2.24. The van der Waals surface area contributed by atoms with Gasteiger partial charge in [0.05, 0.1) is 12.1 Å². The van der Waals surface area contributed by atoms with Crippen LogP contribution in [0.15, 0.2) is 59.5 Å². The Kier molecular flexibility index (Phi) is 6.34. The number of anilines is 1. The minimum absolute atomic E-state index is 0.0376. The van der Waals surface area contributed by atoms with E-state index in [1.807, 2.05) is 44.2 Å². The van der Waals surface area contributed by atoms with Gasteiger partial charge in [-0.05, 0) is 32.0 Å². The maximum atomic E-state index is 13.2. The third-order valence-corrected chi connectivity index (χ3v) is 6.04. The third kappa shape index (κ3) is 5.32. The fourth-order valence-electron chi connectivity index (χ4n) is 2.98. The number of hydrogen-bond donors (Lipinski definition) is 2. The van der Waals surface area contributed by atoms with Crippen LogP contribution in [0, 0.1) is 0 Å². The highest BCUT2D eigenvalue weighted by atomic mass is 31.2. The summed E-state index contributed by atoms with van der Waals surface area (Å²) in [5, 5.41) is 2.99. The van der Waals surface area contributed by atoms with Crippen molar-refractivity contribution < 1.29 is 13.8 Å². The van der Waals surface area contributed by atoms with Gasteiger partial charge in [-0.2, -0.15) is 4.98 Å². The van der Waals surface area contributed by atoms with Crippen molar-refractivity contribution in [1.29, 1.82) is 0 Å². The smallest absolute Gasteiger partial charge is 0.350 e. The first-order chi connectivity index (χ1) is 13.3. The number of nitrogens with two attached hydrogens (primary N) is 1. The molecule has 8 nitrogen and oxygen atoms in total. The second kappa shape index (κ2) is 8.73. The number of rotatable bonds is 8. The summed E-state index contributed by atoms with van der Waals surface area (Å²) in [5.41, 5.74) is 5.13. The lowest BCUT2D eigenvalue weighted by Crippen LogP contribution is -2.28. The number of benzene rings is 1. The van der Waals surface area contributed by atoms with E-state index in [2.05, 4.69) is 10.1 Å².